The van der Waals surface area contributed by atoms with E-state index < -0.39 is 9.42 Å². The summed E-state index contributed by atoms with van der Waals surface area (Å²) in [6.07, 6.45) is 2.66. The summed E-state index contributed by atoms with van der Waals surface area (Å²) in [5.74, 6) is 0. The molecule has 0 bridgehead atoms. The predicted octanol–water partition coefficient (Wildman–Crippen LogP) is 2.27. The number of hydrogen-bond donors (Lipinski definition) is 3. The van der Waals surface area contributed by atoms with E-state index in [-0.39, 0.29) is 6.61 Å². The van der Waals surface area contributed by atoms with Gasteiger partial charge in [0.25, 0.3) is 0 Å². The summed E-state index contributed by atoms with van der Waals surface area (Å²) in [5.41, 5.74) is 0. The van der Waals surface area contributed by atoms with Crippen LogP contribution in [0.2, 0.25) is 0 Å². The van der Waals surface area contributed by atoms with Crippen molar-refractivity contribution >= 4 is 9.42 Å². The molecule has 0 fully saturated rings. The van der Waals surface area contributed by atoms with Crippen LogP contribution >= 0.6 is 9.42 Å². The Labute approximate surface area is 64.5 Å². The molecule has 0 aromatic heterocycles. The number of allylic oxidation sites excluding steroid dienone is 2. The molecule has 0 aliphatic carbocycles. The van der Waals surface area contributed by atoms with Crippen LogP contribution < -0.4 is 0 Å². The fourth-order valence-electron chi connectivity index (χ4n) is 0.875. The molecule has 5 heteroatoms. The van der Waals surface area contributed by atoms with Crippen molar-refractivity contribution in [3.8, 4) is 0 Å². The molecule has 4 nitrogen and oxygen atoms in total. The van der Waals surface area contributed by atoms with Gasteiger partial charge in [-0.3, -0.25) is 4.18 Å². The highest BCUT2D eigenvalue weighted by Gasteiger charge is 2.50. The first kappa shape index (κ1) is 8.76. The van der Waals surface area contributed by atoms with Crippen molar-refractivity contribution < 1.29 is 17.8 Å². The first-order valence-corrected chi connectivity index (χ1v) is 5.55. The molecule has 0 atom stereocenters. The van der Waals surface area contributed by atoms with E-state index in [1.165, 1.54) is 12.2 Å². The fourth-order valence-corrected chi connectivity index (χ4v) is 2.62. The van der Waals surface area contributed by atoms with E-state index in [1.807, 2.05) is 0 Å². The van der Waals surface area contributed by atoms with Crippen LogP contribution in [0.3, 0.4) is 0 Å². The van der Waals surface area contributed by atoms with Gasteiger partial charge in [0.1, 0.15) is 0 Å². The van der Waals surface area contributed by atoms with E-state index in [1.54, 1.807) is 6.92 Å². The van der Waals surface area contributed by atoms with Crippen LogP contribution in [-0.2, 0) is 4.18 Å². The highest BCUT2D eigenvalue weighted by molar-refractivity contribution is 8.53. The second kappa shape index (κ2) is 1.70. The van der Waals surface area contributed by atoms with E-state index in [4.69, 9.17) is 0 Å². The van der Waals surface area contributed by atoms with Gasteiger partial charge >= 0.3 is 0 Å². The Morgan fingerprint density at radius 3 is 2.00 bits per heavy atom. The maximum Gasteiger partial charge on any atom is 0.0620 e. The third-order valence-electron chi connectivity index (χ3n) is 1.31. The predicted molar refractivity (Wildman–Crippen MR) is 45.4 cm³/mol. The first-order chi connectivity index (χ1) is 4.80. The van der Waals surface area contributed by atoms with E-state index >= 15 is 0 Å². The smallest absolute Gasteiger partial charge is 0.0620 e. The van der Waals surface area contributed by atoms with Gasteiger partial charge in [0.2, 0.25) is 0 Å². The number of hydrogen-bond acceptors (Lipinski definition) is 4. The zero-order chi connectivity index (χ0) is 8.65. The Kier molecular flexibility index (Phi) is 1.36. The molecule has 11 heavy (non-hydrogen) atoms. The normalized spacial score (nSPS) is 35.3. The number of rotatable bonds is 2. The lowest BCUT2D eigenvalue weighted by atomic mass is 10.6. The summed E-state index contributed by atoms with van der Waals surface area (Å²) in [7, 11) is -5.34. The van der Waals surface area contributed by atoms with Gasteiger partial charge in [-0.15, -0.1) is 0 Å². The summed E-state index contributed by atoms with van der Waals surface area (Å²) in [4.78, 5) is 0. The second-order valence-corrected chi connectivity index (χ2v) is 6.13. The lowest BCUT2D eigenvalue weighted by Crippen LogP contribution is -2.30. The topological polar surface area (TPSA) is 69.9 Å². The van der Waals surface area contributed by atoms with Crippen LogP contribution in [0.25, 0.3) is 0 Å². The quantitative estimate of drug-likeness (QED) is 0.609. The minimum atomic E-state index is -5.34. The molecule has 66 valence electrons. The van der Waals surface area contributed by atoms with Gasteiger partial charge in [-0.1, -0.05) is 0 Å². The average molecular weight is 180 g/mol. The van der Waals surface area contributed by atoms with Crippen LogP contribution in [0.5, 0.6) is 0 Å². The fraction of sp³-hybridized carbons (Fsp3) is 0.333. The largest absolute Gasteiger partial charge is 0.304 e. The second-order valence-electron chi connectivity index (χ2n) is 2.49. The van der Waals surface area contributed by atoms with Crippen LogP contribution in [0.15, 0.2) is 23.0 Å². The molecule has 0 spiro atoms. The van der Waals surface area contributed by atoms with Gasteiger partial charge in [0.05, 0.1) is 16.0 Å². The minimum absolute atomic E-state index is 0.0275. The third-order valence-corrected chi connectivity index (χ3v) is 3.72. The third kappa shape index (κ3) is 1.63. The first-order valence-electron chi connectivity index (χ1n) is 3.18. The van der Waals surface area contributed by atoms with Gasteiger partial charge < -0.3 is 13.7 Å². The molecule has 0 saturated heterocycles. The summed E-state index contributed by atoms with van der Waals surface area (Å²) in [5, 5.41) is 1.76. The van der Waals surface area contributed by atoms with Crippen molar-refractivity contribution in [3.63, 3.8) is 0 Å². The lowest BCUT2D eigenvalue weighted by molar-refractivity contribution is 0.172. The van der Waals surface area contributed by atoms with Crippen molar-refractivity contribution in [1.29, 1.82) is 0 Å². The van der Waals surface area contributed by atoms with Gasteiger partial charge in [0.15, 0.2) is 0 Å². The SMILES string of the molecule is CCOS1(O)(O)(O)C=CC=C1. The van der Waals surface area contributed by atoms with Gasteiger partial charge in [-0.25, -0.2) is 0 Å². The molecule has 1 aliphatic heterocycles. The molecule has 0 unspecified atom stereocenters. The lowest BCUT2D eigenvalue weighted by Gasteiger charge is -2.59. The van der Waals surface area contributed by atoms with E-state index in [0.717, 1.165) is 10.8 Å². The minimum Gasteiger partial charge on any atom is -0.304 e. The molecule has 3 N–H and O–H groups in total. The van der Waals surface area contributed by atoms with Crippen molar-refractivity contribution in [3.05, 3.63) is 23.0 Å². The molecule has 1 aliphatic rings. The van der Waals surface area contributed by atoms with Crippen molar-refractivity contribution in [2.24, 2.45) is 0 Å². The van der Waals surface area contributed by atoms with Gasteiger partial charge in [0, 0.05) is 10.8 Å². The van der Waals surface area contributed by atoms with Crippen LogP contribution in [0.4, 0.5) is 0 Å². The summed E-state index contributed by atoms with van der Waals surface area (Å²) in [6, 6.07) is 0. The van der Waals surface area contributed by atoms with Crippen molar-refractivity contribution in [2.45, 2.75) is 6.92 Å². The van der Waals surface area contributed by atoms with Crippen molar-refractivity contribution in [1.82, 2.24) is 0 Å². The molecule has 0 amide bonds. The average Bonchev–Trinajstić information content (AvgIpc) is 2.08. The molecule has 0 aromatic rings. The van der Waals surface area contributed by atoms with Crippen LogP contribution in [-0.4, -0.2) is 20.3 Å². The van der Waals surface area contributed by atoms with E-state index in [9.17, 15) is 13.7 Å². The summed E-state index contributed by atoms with van der Waals surface area (Å²) in [6.45, 7) is 1.59. The van der Waals surface area contributed by atoms with Gasteiger partial charge in [-0.05, 0) is 19.1 Å². The molecule has 0 radical (unpaired) electrons. The molecule has 1 heterocycles. The maximum atomic E-state index is 9.46. The van der Waals surface area contributed by atoms with Crippen LogP contribution in [0.1, 0.15) is 6.92 Å². The Morgan fingerprint density at radius 2 is 1.64 bits per heavy atom. The Hall–Kier alpha value is -0.330. The molecular formula is C6H12O4S. The molecular weight excluding hydrogens is 168 g/mol. The zero-order valence-corrected chi connectivity index (χ0v) is 6.99. The van der Waals surface area contributed by atoms with Gasteiger partial charge in [-0.2, -0.15) is 0 Å². The van der Waals surface area contributed by atoms with Crippen LogP contribution in [0, 0.1) is 0 Å². The standard InChI is InChI=1S/C6H12O4S/c1-2-10-11(7,8,9)5-3-4-6-11/h3-9H,2H2,1H3. The Morgan fingerprint density at radius 1 is 1.18 bits per heavy atom. The monoisotopic (exact) mass is 180 g/mol. The highest BCUT2D eigenvalue weighted by atomic mass is 32.4. The van der Waals surface area contributed by atoms with E-state index in [0.29, 0.717) is 0 Å². The maximum absolute atomic E-state index is 9.46. The molecule has 1 rings (SSSR count). The summed E-state index contributed by atoms with van der Waals surface area (Å²) < 4.78 is 32.9. The Balaban J connectivity index is 3.11. The Bertz CT molecular complexity index is 226. The zero-order valence-electron chi connectivity index (χ0n) is 6.17. The summed E-state index contributed by atoms with van der Waals surface area (Å²) >= 11 is 0. The van der Waals surface area contributed by atoms with Crippen molar-refractivity contribution in [2.75, 3.05) is 6.61 Å². The highest BCUT2D eigenvalue weighted by Crippen LogP contribution is 2.84. The molecule has 0 aromatic carbocycles. The molecule has 0 saturated carbocycles. The van der Waals surface area contributed by atoms with E-state index in [2.05, 4.69) is 4.18 Å².